The highest BCUT2D eigenvalue weighted by atomic mass is 16.3. The zero-order valence-electron chi connectivity index (χ0n) is 32.1. The van der Waals surface area contributed by atoms with Gasteiger partial charge in [0, 0.05) is 57.4 Å². The standard InChI is InChI=1S/C43H54N6O5/c1-6-8-22-47(23-9-7-2)43(54)38-25-30(3)49(45-38)39-20-19-34(44-41(52)36(28-40(51)46(4)5)31-15-11-10-12-16-31)27-37(39)42(53)48-29-33-18-14-13-17-32(33)26-35(48)21-24-50/h10-21,24-25,27,35-36,41,44,50,52H,6-9,22-23,26,28-29H2,1-5H3/b24-21+. The first-order valence-electron chi connectivity index (χ1n) is 18.9. The molecule has 1 aromatic heterocycles. The number of aliphatic hydroxyl groups is 2. The van der Waals surface area contributed by atoms with Gasteiger partial charge in [0.2, 0.25) is 5.91 Å². The molecule has 2 heterocycles. The molecule has 0 bridgehead atoms. The number of hydrogen-bond donors (Lipinski definition) is 3. The maximum Gasteiger partial charge on any atom is 0.274 e. The van der Waals surface area contributed by atoms with E-state index in [4.69, 9.17) is 5.10 Å². The highest BCUT2D eigenvalue weighted by Crippen LogP contribution is 2.31. The van der Waals surface area contributed by atoms with Gasteiger partial charge in [-0.1, -0.05) is 81.3 Å². The lowest BCUT2D eigenvalue weighted by Crippen LogP contribution is -2.43. The van der Waals surface area contributed by atoms with Gasteiger partial charge in [0.15, 0.2) is 5.69 Å². The van der Waals surface area contributed by atoms with E-state index < -0.39 is 18.2 Å². The van der Waals surface area contributed by atoms with Crippen LogP contribution in [0.3, 0.4) is 0 Å². The number of aryl methyl sites for hydroxylation is 1. The molecule has 0 radical (unpaired) electrons. The molecule has 3 N–H and O–H groups in total. The Balaban J connectivity index is 1.57. The zero-order valence-corrected chi connectivity index (χ0v) is 32.1. The van der Waals surface area contributed by atoms with Crippen molar-refractivity contribution in [2.75, 3.05) is 32.5 Å². The number of carbonyl (C=O) groups excluding carboxylic acids is 3. The third-order valence-corrected chi connectivity index (χ3v) is 10.1. The Hall–Kier alpha value is -5.42. The summed E-state index contributed by atoms with van der Waals surface area (Å²) in [5.41, 5.74) is 5.12. The molecule has 11 heteroatoms. The van der Waals surface area contributed by atoms with E-state index in [0.717, 1.165) is 48.6 Å². The average molecular weight is 735 g/mol. The summed E-state index contributed by atoms with van der Waals surface area (Å²) in [4.78, 5) is 46.6. The highest BCUT2D eigenvalue weighted by molar-refractivity contribution is 5.99. The van der Waals surface area contributed by atoms with Gasteiger partial charge in [0.05, 0.1) is 23.6 Å². The maximum absolute atomic E-state index is 14.9. The van der Waals surface area contributed by atoms with Crippen molar-refractivity contribution in [1.29, 1.82) is 0 Å². The van der Waals surface area contributed by atoms with Gasteiger partial charge in [-0.05, 0) is 73.2 Å². The molecule has 0 spiro atoms. The molecule has 54 heavy (non-hydrogen) atoms. The quantitative estimate of drug-likeness (QED) is 0.0848. The van der Waals surface area contributed by atoms with Crippen molar-refractivity contribution in [3.05, 3.63) is 125 Å². The van der Waals surface area contributed by atoms with Crippen LogP contribution in [-0.2, 0) is 17.8 Å². The molecular formula is C43H54N6O5. The van der Waals surface area contributed by atoms with Gasteiger partial charge < -0.3 is 30.2 Å². The minimum atomic E-state index is -1.18. The maximum atomic E-state index is 14.9. The van der Waals surface area contributed by atoms with Crippen LogP contribution in [0.5, 0.6) is 0 Å². The normalized spacial score (nSPS) is 15.1. The number of fused-ring (bicyclic) bond motifs is 1. The number of anilines is 1. The fourth-order valence-electron chi connectivity index (χ4n) is 6.93. The SMILES string of the molecule is CCCCN(CCCC)C(=O)c1cc(C)n(-c2ccc(NC(O)C(CC(=O)N(C)C)c3ccccc3)cc2C(=O)N2Cc3ccccc3CC2/C=C/O)n1. The van der Waals surface area contributed by atoms with Crippen LogP contribution in [0.15, 0.2) is 91.2 Å². The van der Waals surface area contributed by atoms with E-state index in [0.29, 0.717) is 54.4 Å². The van der Waals surface area contributed by atoms with E-state index in [-0.39, 0.29) is 24.1 Å². The largest absolute Gasteiger partial charge is 0.516 e. The van der Waals surface area contributed by atoms with Crippen LogP contribution >= 0.6 is 0 Å². The van der Waals surface area contributed by atoms with Crippen molar-refractivity contribution < 1.29 is 24.6 Å². The fraction of sp³-hybridized carbons (Fsp3) is 0.395. The fourth-order valence-corrected chi connectivity index (χ4v) is 6.93. The Labute approximate surface area is 318 Å². The predicted molar refractivity (Wildman–Crippen MR) is 212 cm³/mol. The second kappa shape index (κ2) is 18.6. The summed E-state index contributed by atoms with van der Waals surface area (Å²) < 4.78 is 1.63. The van der Waals surface area contributed by atoms with Crippen molar-refractivity contribution in [1.82, 2.24) is 24.5 Å². The number of amides is 3. The molecule has 0 saturated carbocycles. The molecule has 0 aliphatic carbocycles. The summed E-state index contributed by atoms with van der Waals surface area (Å²) in [5.74, 6) is -1.17. The lowest BCUT2D eigenvalue weighted by atomic mass is 9.92. The van der Waals surface area contributed by atoms with Gasteiger partial charge in [-0.2, -0.15) is 5.10 Å². The van der Waals surface area contributed by atoms with E-state index in [1.54, 1.807) is 54.0 Å². The smallest absolute Gasteiger partial charge is 0.274 e. The van der Waals surface area contributed by atoms with Gasteiger partial charge in [0.1, 0.15) is 6.23 Å². The Bertz CT molecular complexity index is 1910. The number of carbonyl (C=O) groups is 3. The van der Waals surface area contributed by atoms with Gasteiger partial charge in [-0.25, -0.2) is 4.68 Å². The number of aliphatic hydroxyl groups excluding tert-OH is 2. The number of rotatable bonds is 16. The third kappa shape index (κ3) is 9.38. The first-order valence-corrected chi connectivity index (χ1v) is 18.9. The monoisotopic (exact) mass is 734 g/mol. The summed E-state index contributed by atoms with van der Waals surface area (Å²) >= 11 is 0. The second-order valence-electron chi connectivity index (χ2n) is 14.2. The van der Waals surface area contributed by atoms with Crippen LogP contribution in [0.25, 0.3) is 5.69 Å². The predicted octanol–water partition coefficient (Wildman–Crippen LogP) is 6.85. The van der Waals surface area contributed by atoms with Crippen LogP contribution in [-0.4, -0.2) is 91.9 Å². The number of nitrogens with zero attached hydrogens (tertiary/aromatic N) is 5. The van der Waals surface area contributed by atoms with E-state index in [1.165, 1.54) is 4.90 Å². The lowest BCUT2D eigenvalue weighted by Gasteiger charge is -2.36. The topological polar surface area (TPSA) is 131 Å². The summed E-state index contributed by atoms with van der Waals surface area (Å²) in [6.07, 6.45) is 5.72. The molecule has 5 rings (SSSR count). The molecule has 3 amide bonds. The number of benzene rings is 3. The molecule has 1 aliphatic heterocycles. The number of hydrogen-bond acceptors (Lipinski definition) is 7. The molecule has 11 nitrogen and oxygen atoms in total. The van der Waals surface area contributed by atoms with Crippen LogP contribution < -0.4 is 5.32 Å². The van der Waals surface area contributed by atoms with Gasteiger partial charge in [-0.3, -0.25) is 14.4 Å². The first-order chi connectivity index (χ1) is 26.1. The zero-order chi connectivity index (χ0) is 38.8. The molecule has 3 aromatic carbocycles. The highest BCUT2D eigenvalue weighted by Gasteiger charge is 2.32. The number of aromatic nitrogens is 2. The lowest BCUT2D eigenvalue weighted by molar-refractivity contribution is -0.129. The van der Waals surface area contributed by atoms with Crippen molar-refractivity contribution >= 4 is 23.4 Å². The van der Waals surface area contributed by atoms with Crippen LogP contribution in [0.4, 0.5) is 5.69 Å². The minimum Gasteiger partial charge on any atom is -0.516 e. The van der Waals surface area contributed by atoms with E-state index >= 15 is 0 Å². The summed E-state index contributed by atoms with van der Waals surface area (Å²) in [7, 11) is 3.37. The molecule has 0 saturated heterocycles. The average Bonchev–Trinajstić information content (AvgIpc) is 3.57. The molecule has 4 aromatic rings. The first kappa shape index (κ1) is 39.8. The number of nitrogens with one attached hydrogen (secondary N) is 1. The molecule has 3 atom stereocenters. The Morgan fingerprint density at radius 3 is 2.26 bits per heavy atom. The third-order valence-electron chi connectivity index (χ3n) is 10.1. The Morgan fingerprint density at radius 2 is 1.61 bits per heavy atom. The summed E-state index contributed by atoms with van der Waals surface area (Å²) in [5, 5.41) is 29.5. The molecule has 286 valence electrons. The van der Waals surface area contributed by atoms with Crippen LogP contribution in [0, 0.1) is 6.92 Å². The van der Waals surface area contributed by atoms with Gasteiger partial charge in [0.25, 0.3) is 11.8 Å². The van der Waals surface area contributed by atoms with Crippen molar-refractivity contribution in [3.63, 3.8) is 0 Å². The van der Waals surface area contributed by atoms with E-state index in [1.807, 2.05) is 66.4 Å². The van der Waals surface area contributed by atoms with E-state index in [2.05, 4.69) is 19.2 Å². The number of unbranched alkanes of at least 4 members (excludes halogenated alkanes) is 2. The van der Waals surface area contributed by atoms with Crippen molar-refractivity contribution in [2.45, 2.75) is 84.0 Å². The Morgan fingerprint density at radius 1 is 0.944 bits per heavy atom. The van der Waals surface area contributed by atoms with Gasteiger partial charge >= 0.3 is 0 Å². The van der Waals surface area contributed by atoms with Crippen molar-refractivity contribution in [2.24, 2.45) is 0 Å². The molecule has 0 fully saturated rings. The summed E-state index contributed by atoms with van der Waals surface area (Å²) in [6.45, 7) is 7.67. The second-order valence-corrected chi connectivity index (χ2v) is 14.2. The minimum absolute atomic E-state index is 0.0637. The van der Waals surface area contributed by atoms with Gasteiger partial charge in [-0.15, -0.1) is 0 Å². The van der Waals surface area contributed by atoms with Crippen LogP contribution in [0.1, 0.15) is 95.1 Å². The molecule has 1 aliphatic rings. The molecule has 3 unspecified atom stereocenters. The Kier molecular flexibility index (Phi) is 13.7. The van der Waals surface area contributed by atoms with E-state index in [9.17, 15) is 24.6 Å². The van der Waals surface area contributed by atoms with Crippen LogP contribution in [0.2, 0.25) is 0 Å². The summed E-state index contributed by atoms with van der Waals surface area (Å²) in [6, 6.07) is 23.9. The van der Waals surface area contributed by atoms with Crippen molar-refractivity contribution in [3.8, 4) is 5.69 Å². The molecular weight excluding hydrogens is 681 g/mol.